The molecule has 6 heteroatoms. The number of hydrogen-bond donors (Lipinski definition) is 1. The van der Waals surface area contributed by atoms with Gasteiger partial charge in [0.25, 0.3) is 0 Å². The number of carbonyl (C=O) groups is 2. The summed E-state index contributed by atoms with van der Waals surface area (Å²) in [7, 11) is 0. The van der Waals surface area contributed by atoms with Crippen molar-refractivity contribution >= 4 is 23.4 Å². The van der Waals surface area contributed by atoms with Gasteiger partial charge in [0.1, 0.15) is 11.6 Å². The number of esters is 1. The van der Waals surface area contributed by atoms with E-state index in [0.717, 1.165) is 0 Å². The van der Waals surface area contributed by atoms with Gasteiger partial charge in [-0.25, -0.2) is 9.59 Å². The summed E-state index contributed by atoms with van der Waals surface area (Å²) in [4.78, 5) is 25.7. The lowest BCUT2D eigenvalue weighted by molar-refractivity contribution is -0.144. The standard InChI is InChI=1S/C16H24N2O4/c1-6-21-14(19)11(2)18(15(20)22-16(3,4)5)13-9-7-12(17)8-10-13/h7-11H,6,17H2,1-5H3/t11-/m0/s1. The molecule has 122 valence electrons. The van der Waals surface area contributed by atoms with Crippen molar-refractivity contribution in [2.75, 3.05) is 17.2 Å². The topological polar surface area (TPSA) is 81.9 Å². The van der Waals surface area contributed by atoms with Crippen LogP contribution < -0.4 is 10.6 Å². The first kappa shape index (κ1) is 17.8. The minimum absolute atomic E-state index is 0.243. The van der Waals surface area contributed by atoms with Crippen molar-refractivity contribution in [2.45, 2.75) is 46.3 Å². The van der Waals surface area contributed by atoms with E-state index in [1.165, 1.54) is 4.90 Å². The van der Waals surface area contributed by atoms with E-state index in [-0.39, 0.29) is 6.61 Å². The molecule has 1 atom stereocenters. The average molecular weight is 308 g/mol. The van der Waals surface area contributed by atoms with E-state index in [1.54, 1.807) is 58.9 Å². The van der Waals surface area contributed by atoms with Crippen molar-refractivity contribution in [3.8, 4) is 0 Å². The molecule has 1 amide bonds. The molecular weight excluding hydrogens is 284 g/mol. The maximum atomic E-state index is 12.5. The monoisotopic (exact) mass is 308 g/mol. The number of anilines is 2. The molecule has 0 aliphatic heterocycles. The number of nitrogens with zero attached hydrogens (tertiary/aromatic N) is 1. The molecule has 1 aromatic rings. The fraction of sp³-hybridized carbons (Fsp3) is 0.500. The molecule has 0 saturated heterocycles. The van der Waals surface area contributed by atoms with Gasteiger partial charge >= 0.3 is 12.1 Å². The molecule has 0 saturated carbocycles. The molecule has 0 aliphatic carbocycles. The third kappa shape index (κ3) is 4.95. The molecule has 0 radical (unpaired) electrons. The molecule has 2 N–H and O–H groups in total. The fourth-order valence-electron chi connectivity index (χ4n) is 1.80. The van der Waals surface area contributed by atoms with Crippen LogP contribution in [0.5, 0.6) is 0 Å². The summed E-state index contributed by atoms with van der Waals surface area (Å²) in [5.74, 6) is -0.495. The summed E-state index contributed by atoms with van der Waals surface area (Å²) in [6.07, 6.45) is -0.613. The van der Waals surface area contributed by atoms with Crippen molar-refractivity contribution in [1.82, 2.24) is 0 Å². The van der Waals surface area contributed by atoms with Crippen molar-refractivity contribution in [2.24, 2.45) is 0 Å². The van der Waals surface area contributed by atoms with Crippen molar-refractivity contribution in [1.29, 1.82) is 0 Å². The van der Waals surface area contributed by atoms with E-state index in [4.69, 9.17) is 15.2 Å². The second kappa shape index (κ2) is 7.15. The molecule has 0 spiro atoms. The molecule has 0 unspecified atom stereocenters. The zero-order valence-electron chi connectivity index (χ0n) is 13.8. The van der Waals surface area contributed by atoms with Crippen LogP contribution in [0, 0.1) is 0 Å². The van der Waals surface area contributed by atoms with Crippen LogP contribution in [0.2, 0.25) is 0 Å². The Labute approximate surface area is 131 Å². The first-order valence-corrected chi connectivity index (χ1v) is 7.20. The number of benzene rings is 1. The maximum Gasteiger partial charge on any atom is 0.415 e. The first-order valence-electron chi connectivity index (χ1n) is 7.20. The van der Waals surface area contributed by atoms with Gasteiger partial charge in [0, 0.05) is 11.4 Å². The lowest BCUT2D eigenvalue weighted by atomic mass is 10.2. The summed E-state index contributed by atoms with van der Waals surface area (Å²) in [5, 5.41) is 0. The number of hydrogen-bond acceptors (Lipinski definition) is 5. The maximum absolute atomic E-state index is 12.5. The third-order valence-electron chi connectivity index (χ3n) is 2.78. The Bertz CT molecular complexity index is 520. The zero-order valence-corrected chi connectivity index (χ0v) is 13.8. The van der Waals surface area contributed by atoms with E-state index in [2.05, 4.69) is 0 Å². The summed E-state index contributed by atoms with van der Waals surface area (Å²) in [6, 6.07) is 5.83. The summed E-state index contributed by atoms with van der Waals surface area (Å²) in [5.41, 5.74) is 6.08. The Morgan fingerprint density at radius 1 is 1.23 bits per heavy atom. The van der Waals surface area contributed by atoms with Gasteiger partial charge in [-0.1, -0.05) is 0 Å². The minimum atomic E-state index is -0.807. The Morgan fingerprint density at radius 2 is 1.77 bits per heavy atom. The van der Waals surface area contributed by atoms with Crippen molar-refractivity contribution in [3.05, 3.63) is 24.3 Å². The van der Waals surface area contributed by atoms with Crippen LogP contribution >= 0.6 is 0 Å². The Morgan fingerprint density at radius 3 is 2.23 bits per heavy atom. The number of carbonyl (C=O) groups excluding carboxylic acids is 2. The average Bonchev–Trinajstić information content (AvgIpc) is 2.39. The van der Waals surface area contributed by atoms with Gasteiger partial charge in [0.2, 0.25) is 0 Å². The van der Waals surface area contributed by atoms with E-state index in [1.807, 2.05) is 0 Å². The fourth-order valence-corrected chi connectivity index (χ4v) is 1.80. The largest absolute Gasteiger partial charge is 0.464 e. The predicted molar refractivity (Wildman–Crippen MR) is 85.7 cm³/mol. The number of amides is 1. The van der Waals surface area contributed by atoms with E-state index < -0.39 is 23.7 Å². The Hall–Kier alpha value is -2.24. The molecule has 22 heavy (non-hydrogen) atoms. The lowest BCUT2D eigenvalue weighted by Gasteiger charge is -2.30. The van der Waals surface area contributed by atoms with Gasteiger partial charge in [0.15, 0.2) is 0 Å². The highest BCUT2D eigenvalue weighted by molar-refractivity contribution is 5.95. The minimum Gasteiger partial charge on any atom is -0.464 e. The molecule has 1 rings (SSSR count). The highest BCUT2D eigenvalue weighted by Crippen LogP contribution is 2.22. The van der Waals surface area contributed by atoms with E-state index in [0.29, 0.717) is 11.4 Å². The van der Waals surface area contributed by atoms with Crippen LogP contribution in [-0.4, -0.2) is 30.3 Å². The summed E-state index contributed by atoms with van der Waals surface area (Å²) < 4.78 is 10.4. The molecule has 6 nitrogen and oxygen atoms in total. The van der Waals surface area contributed by atoms with Gasteiger partial charge in [-0.3, -0.25) is 4.90 Å². The molecule has 0 aliphatic rings. The van der Waals surface area contributed by atoms with Gasteiger partial charge in [-0.05, 0) is 58.9 Å². The molecule has 0 aromatic heterocycles. The number of ether oxygens (including phenoxy) is 2. The number of nitrogens with two attached hydrogens (primary N) is 1. The van der Waals surface area contributed by atoms with E-state index in [9.17, 15) is 9.59 Å². The SMILES string of the molecule is CCOC(=O)[C@H](C)N(C(=O)OC(C)(C)C)c1ccc(N)cc1. The van der Waals surface area contributed by atoms with E-state index >= 15 is 0 Å². The number of rotatable bonds is 4. The molecule has 1 aromatic carbocycles. The van der Waals surface area contributed by atoms with Crippen LogP contribution in [0.15, 0.2) is 24.3 Å². The second-order valence-corrected chi connectivity index (χ2v) is 5.87. The van der Waals surface area contributed by atoms with Crippen LogP contribution in [0.4, 0.5) is 16.2 Å². The van der Waals surface area contributed by atoms with Crippen molar-refractivity contribution in [3.63, 3.8) is 0 Å². The van der Waals surface area contributed by atoms with Gasteiger partial charge < -0.3 is 15.2 Å². The Balaban J connectivity index is 3.12. The van der Waals surface area contributed by atoms with Crippen LogP contribution in [0.1, 0.15) is 34.6 Å². The first-order chi connectivity index (χ1) is 10.2. The second-order valence-electron chi connectivity index (χ2n) is 5.87. The third-order valence-corrected chi connectivity index (χ3v) is 2.78. The summed E-state index contributed by atoms with van der Waals surface area (Å²) in [6.45, 7) is 8.85. The number of nitrogen functional groups attached to an aromatic ring is 1. The molecular formula is C16H24N2O4. The quantitative estimate of drug-likeness (QED) is 0.683. The molecule has 0 fully saturated rings. The molecule has 0 heterocycles. The predicted octanol–water partition coefficient (Wildman–Crippen LogP) is 2.96. The van der Waals surface area contributed by atoms with Crippen LogP contribution in [0.3, 0.4) is 0 Å². The van der Waals surface area contributed by atoms with Gasteiger partial charge in [-0.2, -0.15) is 0 Å². The summed E-state index contributed by atoms with van der Waals surface area (Å²) >= 11 is 0. The van der Waals surface area contributed by atoms with Crippen molar-refractivity contribution < 1.29 is 19.1 Å². The highest BCUT2D eigenvalue weighted by atomic mass is 16.6. The highest BCUT2D eigenvalue weighted by Gasteiger charge is 2.32. The smallest absolute Gasteiger partial charge is 0.415 e. The zero-order chi connectivity index (χ0) is 16.9. The Kier molecular flexibility index (Phi) is 5.79. The van der Waals surface area contributed by atoms with Crippen LogP contribution in [-0.2, 0) is 14.3 Å². The molecule has 0 bridgehead atoms. The normalized spacial score (nSPS) is 12.4. The van der Waals surface area contributed by atoms with Crippen LogP contribution in [0.25, 0.3) is 0 Å². The van der Waals surface area contributed by atoms with Gasteiger partial charge in [0.05, 0.1) is 6.61 Å². The van der Waals surface area contributed by atoms with Gasteiger partial charge in [-0.15, -0.1) is 0 Å². The lowest BCUT2D eigenvalue weighted by Crippen LogP contribution is -2.46.